The molecule has 0 unspecified atom stereocenters. The number of nitrogens with two attached hydrogens (primary N) is 1. The molecule has 1 heterocycles. The number of nitrogens with one attached hydrogen (secondary N) is 1. The first-order valence-corrected chi connectivity index (χ1v) is 6.93. The van der Waals surface area contributed by atoms with E-state index in [9.17, 15) is 22.4 Å². The second-order valence-corrected chi connectivity index (χ2v) is 5.46. The van der Waals surface area contributed by atoms with Crippen molar-refractivity contribution in [2.45, 2.75) is 38.7 Å². The molecule has 0 bridgehead atoms. The number of pyridine rings is 1. The molecule has 0 saturated carbocycles. The van der Waals surface area contributed by atoms with Crippen molar-refractivity contribution in [1.29, 1.82) is 0 Å². The molecule has 23 heavy (non-hydrogen) atoms. The Bertz CT molecular complexity index is 509. The van der Waals surface area contributed by atoms with Gasteiger partial charge in [0.05, 0.1) is 17.9 Å². The Morgan fingerprint density at radius 1 is 1.39 bits per heavy atom. The van der Waals surface area contributed by atoms with Gasteiger partial charge in [-0.2, -0.15) is 8.78 Å². The number of alkyl halides is 4. The van der Waals surface area contributed by atoms with Crippen LogP contribution in [0.3, 0.4) is 0 Å². The van der Waals surface area contributed by atoms with Crippen molar-refractivity contribution in [1.82, 2.24) is 4.98 Å². The third-order valence-electron chi connectivity index (χ3n) is 2.80. The van der Waals surface area contributed by atoms with E-state index in [0.29, 0.717) is 12.1 Å². The van der Waals surface area contributed by atoms with Crippen molar-refractivity contribution in [3.05, 3.63) is 18.3 Å². The summed E-state index contributed by atoms with van der Waals surface area (Å²) in [6.45, 7) is 2.37. The minimum Gasteiger partial charge on any atom is -0.471 e. The molecule has 9 heteroatoms. The van der Waals surface area contributed by atoms with Gasteiger partial charge in [0.15, 0.2) is 6.61 Å². The Kier molecular flexibility index (Phi) is 6.74. The molecule has 1 aromatic heterocycles. The molecule has 1 aromatic rings. The van der Waals surface area contributed by atoms with E-state index in [2.05, 4.69) is 15.0 Å². The third kappa shape index (κ3) is 6.39. The lowest BCUT2D eigenvalue weighted by atomic mass is 10.0. The molecule has 0 radical (unpaired) electrons. The fourth-order valence-electron chi connectivity index (χ4n) is 1.62. The Morgan fingerprint density at radius 2 is 2.04 bits per heavy atom. The Balaban J connectivity index is 2.55. The molecule has 0 aliphatic rings. The topological polar surface area (TPSA) is 77.2 Å². The van der Waals surface area contributed by atoms with Crippen molar-refractivity contribution in [3.8, 4) is 5.88 Å². The van der Waals surface area contributed by atoms with Crippen LogP contribution in [0.15, 0.2) is 18.3 Å². The summed E-state index contributed by atoms with van der Waals surface area (Å²) in [4.78, 5) is 15.4. The van der Waals surface area contributed by atoms with Crippen LogP contribution in [-0.2, 0) is 4.79 Å². The molecule has 1 amide bonds. The van der Waals surface area contributed by atoms with E-state index < -0.39 is 30.9 Å². The van der Waals surface area contributed by atoms with Gasteiger partial charge in [-0.1, -0.05) is 13.8 Å². The second kappa shape index (κ2) is 8.09. The van der Waals surface area contributed by atoms with Gasteiger partial charge < -0.3 is 15.8 Å². The summed E-state index contributed by atoms with van der Waals surface area (Å²) in [6, 6.07) is 1.85. The number of hydrogen-bond donors (Lipinski definition) is 2. The molecule has 0 fully saturated rings. The van der Waals surface area contributed by atoms with Gasteiger partial charge in [0, 0.05) is 6.07 Å². The van der Waals surface area contributed by atoms with Crippen LogP contribution in [-0.4, -0.2) is 35.9 Å². The maximum Gasteiger partial charge on any atom is 0.340 e. The third-order valence-corrected chi connectivity index (χ3v) is 2.80. The van der Waals surface area contributed by atoms with Crippen LogP contribution < -0.4 is 15.8 Å². The summed E-state index contributed by atoms with van der Waals surface area (Å²) in [7, 11) is 0. The summed E-state index contributed by atoms with van der Waals surface area (Å²) < 4.78 is 53.9. The SMILES string of the molecule is CC(C)C[C@H](N)C(=O)Nc1ccc(OCC(F)(F)C(F)F)nc1. The predicted octanol–water partition coefficient (Wildman–Crippen LogP) is 2.67. The molecule has 0 saturated heterocycles. The standard InChI is InChI=1S/C14H19F4N3O2/c1-8(2)5-10(19)12(22)21-9-3-4-11(20-6-9)23-7-14(17,18)13(15)16/h3-4,6,8,10,13H,5,7,19H2,1-2H3,(H,21,22)/t10-/m0/s1. The molecule has 0 aliphatic heterocycles. The zero-order valence-corrected chi connectivity index (χ0v) is 12.7. The summed E-state index contributed by atoms with van der Waals surface area (Å²) >= 11 is 0. The highest BCUT2D eigenvalue weighted by atomic mass is 19.3. The van der Waals surface area contributed by atoms with Crippen LogP contribution in [0.25, 0.3) is 0 Å². The number of rotatable bonds is 8. The maximum absolute atomic E-state index is 12.7. The molecular formula is C14H19F4N3O2. The molecule has 1 rings (SSSR count). The summed E-state index contributed by atoms with van der Waals surface area (Å²) in [6.07, 6.45) is -2.15. The first-order chi connectivity index (χ1) is 10.6. The lowest BCUT2D eigenvalue weighted by Gasteiger charge is -2.16. The lowest BCUT2D eigenvalue weighted by molar-refractivity contribution is -0.148. The van der Waals surface area contributed by atoms with Gasteiger partial charge in [-0.25, -0.2) is 13.8 Å². The lowest BCUT2D eigenvalue weighted by Crippen LogP contribution is -2.36. The minimum atomic E-state index is -4.25. The smallest absolute Gasteiger partial charge is 0.340 e. The highest BCUT2D eigenvalue weighted by molar-refractivity contribution is 5.94. The van der Waals surface area contributed by atoms with E-state index >= 15 is 0 Å². The van der Waals surface area contributed by atoms with Crippen molar-refractivity contribution < 1.29 is 27.1 Å². The number of halogens is 4. The first kappa shape index (κ1) is 19.1. The minimum absolute atomic E-state index is 0.251. The monoisotopic (exact) mass is 337 g/mol. The summed E-state index contributed by atoms with van der Waals surface area (Å²) in [5, 5.41) is 2.51. The fraction of sp³-hybridized carbons (Fsp3) is 0.571. The maximum atomic E-state index is 12.7. The Labute approximate surface area is 131 Å². The Hall–Kier alpha value is -1.90. The van der Waals surface area contributed by atoms with E-state index in [1.807, 2.05) is 13.8 Å². The average Bonchev–Trinajstić information content (AvgIpc) is 2.45. The van der Waals surface area contributed by atoms with Crippen LogP contribution >= 0.6 is 0 Å². The summed E-state index contributed by atoms with van der Waals surface area (Å²) in [5.41, 5.74) is 6.00. The fourth-order valence-corrected chi connectivity index (χ4v) is 1.62. The Morgan fingerprint density at radius 3 is 2.52 bits per heavy atom. The number of ether oxygens (including phenoxy) is 1. The number of carbonyl (C=O) groups excluding carboxylic acids is 1. The number of amides is 1. The second-order valence-electron chi connectivity index (χ2n) is 5.46. The van der Waals surface area contributed by atoms with Crippen LogP contribution in [0.4, 0.5) is 23.2 Å². The predicted molar refractivity (Wildman–Crippen MR) is 76.7 cm³/mol. The number of aromatic nitrogens is 1. The van der Waals surface area contributed by atoms with Crippen molar-refractivity contribution in [2.24, 2.45) is 11.7 Å². The van der Waals surface area contributed by atoms with Crippen LogP contribution in [0.1, 0.15) is 20.3 Å². The molecule has 1 atom stereocenters. The zero-order chi connectivity index (χ0) is 17.6. The van der Waals surface area contributed by atoms with Crippen LogP contribution in [0.2, 0.25) is 0 Å². The van der Waals surface area contributed by atoms with Crippen molar-refractivity contribution in [2.75, 3.05) is 11.9 Å². The zero-order valence-electron chi connectivity index (χ0n) is 12.7. The van der Waals surface area contributed by atoms with E-state index in [-0.39, 0.29) is 11.8 Å². The van der Waals surface area contributed by atoms with Gasteiger partial charge in [-0.3, -0.25) is 4.79 Å². The van der Waals surface area contributed by atoms with E-state index in [1.165, 1.54) is 12.1 Å². The number of anilines is 1. The highest BCUT2D eigenvalue weighted by Gasteiger charge is 2.41. The molecule has 130 valence electrons. The van der Waals surface area contributed by atoms with Gasteiger partial charge in [0.1, 0.15) is 0 Å². The van der Waals surface area contributed by atoms with Gasteiger partial charge in [0.25, 0.3) is 0 Å². The average molecular weight is 337 g/mol. The van der Waals surface area contributed by atoms with Gasteiger partial charge >= 0.3 is 12.3 Å². The first-order valence-electron chi connectivity index (χ1n) is 6.93. The quantitative estimate of drug-likeness (QED) is 0.715. The van der Waals surface area contributed by atoms with Crippen molar-refractivity contribution >= 4 is 11.6 Å². The van der Waals surface area contributed by atoms with Gasteiger partial charge in [-0.05, 0) is 18.4 Å². The van der Waals surface area contributed by atoms with E-state index in [0.717, 1.165) is 6.20 Å². The molecule has 3 N–H and O–H groups in total. The van der Waals surface area contributed by atoms with Crippen LogP contribution in [0, 0.1) is 5.92 Å². The highest BCUT2D eigenvalue weighted by Crippen LogP contribution is 2.24. The number of carbonyl (C=O) groups is 1. The van der Waals surface area contributed by atoms with Crippen LogP contribution in [0.5, 0.6) is 5.88 Å². The normalized spacial score (nSPS) is 13.3. The van der Waals surface area contributed by atoms with Crippen molar-refractivity contribution in [3.63, 3.8) is 0 Å². The summed E-state index contributed by atoms with van der Waals surface area (Å²) in [5.74, 6) is -4.66. The number of nitrogens with zero attached hydrogens (tertiary/aromatic N) is 1. The molecular weight excluding hydrogens is 318 g/mol. The largest absolute Gasteiger partial charge is 0.471 e. The van der Waals surface area contributed by atoms with E-state index in [4.69, 9.17) is 5.73 Å². The molecule has 5 nitrogen and oxygen atoms in total. The van der Waals surface area contributed by atoms with Gasteiger partial charge in [0.2, 0.25) is 11.8 Å². The molecule has 0 aromatic carbocycles. The number of hydrogen-bond acceptors (Lipinski definition) is 4. The molecule has 0 spiro atoms. The van der Waals surface area contributed by atoms with E-state index in [1.54, 1.807) is 0 Å². The molecule has 0 aliphatic carbocycles. The van der Waals surface area contributed by atoms with Gasteiger partial charge in [-0.15, -0.1) is 0 Å².